The first-order valence-electron chi connectivity index (χ1n) is 7.04. The van der Waals surface area contributed by atoms with Crippen molar-refractivity contribution in [1.29, 1.82) is 0 Å². The van der Waals surface area contributed by atoms with Crippen LogP contribution in [0.2, 0.25) is 0 Å². The Kier molecular flexibility index (Phi) is 3.20. The van der Waals surface area contributed by atoms with Crippen molar-refractivity contribution < 1.29 is 23.9 Å². The van der Waals surface area contributed by atoms with Crippen LogP contribution in [0.5, 0.6) is 0 Å². The van der Waals surface area contributed by atoms with Gasteiger partial charge in [-0.05, 0) is 13.3 Å². The highest BCUT2D eigenvalue weighted by atomic mass is 16.6. The third-order valence-electron chi connectivity index (χ3n) is 4.61. The molecule has 1 saturated carbocycles. The second-order valence-electron chi connectivity index (χ2n) is 5.52. The number of allylic oxidation sites excluding steroid dienone is 2. The van der Waals surface area contributed by atoms with E-state index >= 15 is 0 Å². The zero-order valence-electron chi connectivity index (χ0n) is 11.8. The highest BCUT2D eigenvalue weighted by molar-refractivity contribution is 6.12. The monoisotopic (exact) mass is 291 g/mol. The molecule has 3 aliphatic rings. The lowest BCUT2D eigenvalue weighted by Gasteiger charge is -2.37. The van der Waals surface area contributed by atoms with E-state index in [-0.39, 0.29) is 31.4 Å². The second-order valence-corrected chi connectivity index (χ2v) is 5.52. The fourth-order valence-corrected chi connectivity index (χ4v) is 3.44. The molecule has 1 atom stereocenters. The molecule has 3 rings (SSSR count). The number of amides is 1. The maximum Gasteiger partial charge on any atom is 0.417 e. The number of ketones is 2. The van der Waals surface area contributed by atoms with Crippen LogP contribution in [0.1, 0.15) is 19.8 Å². The predicted molar refractivity (Wildman–Crippen MR) is 72.1 cm³/mol. The first-order valence-corrected chi connectivity index (χ1v) is 7.04. The number of fused-ring (bicyclic) bond motifs is 1. The minimum atomic E-state index is -1.11. The van der Waals surface area contributed by atoms with Gasteiger partial charge in [-0.2, -0.15) is 0 Å². The molecule has 0 N–H and O–H groups in total. The van der Waals surface area contributed by atoms with Crippen LogP contribution in [-0.4, -0.2) is 42.4 Å². The van der Waals surface area contributed by atoms with Crippen LogP contribution in [0.25, 0.3) is 0 Å². The Morgan fingerprint density at radius 2 is 2.05 bits per heavy atom. The van der Waals surface area contributed by atoms with E-state index in [1.54, 1.807) is 31.5 Å². The smallest absolute Gasteiger partial charge is 0.417 e. The third kappa shape index (κ3) is 1.78. The predicted octanol–water partition coefficient (Wildman–Crippen LogP) is 1.42. The van der Waals surface area contributed by atoms with Crippen molar-refractivity contribution in [3.05, 3.63) is 24.6 Å². The summed E-state index contributed by atoms with van der Waals surface area (Å²) in [6.45, 7) is 2.13. The molecule has 1 saturated heterocycles. The van der Waals surface area contributed by atoms with Crippen LogP contribution in [0, 0.1) is 10.8 Å². The van der Waals surface area contributed by atoms with Gasteiger partial charge in [0.15, 0.2) is 5.78 Å². The molecule has 0 aromatic carbocycles. The van der Waals surface area contributed by atoms with E-state index in [0.29, 0.717) is 12.8 Å². The van der Waals surface area contributed by atoms with Gasteiger partial charge in [-0.25, -0.2) is 4.79 Å². The van der Waals surface area contributed by atoms with Crippen LogP contribution in [0.15, 0.2) is 24.6 Å². The summed E-state index contributed by atoms with van der Waals surface area (Å²) in [6, 6.07) is 0. The molecule has 0 aromatic heterocycles. The molecule has 2 spiro atoms. The Morgan fingerprint density at radius 1 is 1.33 bits per heavy atom. The minimum Gasteiger partial charge on any atom is -0.449 e. The number of rotatable bonds is 1. The SMILES string of the molecule is CCOC(=O)N1C=CC2(C=C1)CCC(=O)C21COCC1=O. The first-order chi connectivity index (χ1) is 10.1. The molecule has 0 bridgehead atoms. The lowest BCUT2D eigenvalue weighted by atomic mass is 9.63. The topological polar surface area (TPSA) is 72.9 Å². The average Bonchev–Trinajstić information content (AvgIpc) is 2.99. The van der Waals surface area contributed by atoms with Crippen molar-refractivity contribution in [2.45, 2.75) is 19.8 Å². The molecule has 1 unspecified atom stereocenters. The summed E-state index contributed by atoms with van der Waals surface area (Å²) in [7, 11) is 0. The van der Waals surface area contributed by atoms with Crippen LogP contribution in [0.3, 0.4) is 0 Å². The fourth-order valence-electron chi connectivity index (χ4n) is 3.44. The van der Waals surface area contributed by atoms with Crippen molar-refractivity contribution in [2.24, 2.45) is 10.8 Å². The fraction of sp³-hybridized carbons (Fsp3) is 0.533. The van der Waals surface area contributed by atoms with Gasteiger partial charge in [0.2, 0.25) is 0 Å². The van der Waals surface area contributed by atoms with E-state index in [1.807, 2.05) is 0 Å². The molecule has 6 heteroatoms. The molecule has 0 radical (unpaired) electrons. The van der Waals surface area contributed by atoms with E-state index in [9.17, 15) is 14.4 Å². The van der Waals surface area contributed by atoms with Gasteiger partial charge in [-0.15, -0.1) is 0 Å². The Labute approximate surface area is 122 Å². The van der Waals surface area contributed by atoms with Gasteiger partial charge in [0.25, 0.3) is 0 Å². The van der Waals surface area contributed by atoms with Crippen molar-refractivity contribution in [2.75, 3.05) is 19.8 Å². The standard InChI is InChI=1S/C15H17NO5/c1-2-21-13(19)16-7-5-14(6-8-16)4-3-11(17)15(14)10-20-9-12(15)18/h5-8H,2-4,9-10H2,1H3. The van der Waals surface area contributed by atoms with E-state index in [1.165, 1.54) is 4.90 Å². The van der Waals surface area contributed by atoms with Crippen molar-refractivity contribution in [3.8, 4) is 0 Å². The van der Waals surface area contributed by atoms with E-state index in [4.69, 9.17) is 9.47 Å². The lowest BCUT2D eigenvalue weighted by Crippen LogP contribution is -2.47. The summed E-state index contributed by atoms with van der Waals surface area (Å²) in [5.41, 5.74) is -1.79. The number of Topliss-reactive ketones (excluding diaryl/α,β-unsaturated/α-hetero) is 2. The molecule has 6 nitrogen and oxygen atoms in total. The van der Waals surface area contributed by atoms with E-state index in [0.717, 1.165) is 0 Å². The number of carbonyl (C=O) groups excluding carboxylic acids is 3. The first kappa shape index (κ1) is 14.0. The van der Waals surface area contributed by atoms with Crippen molar-refractivity contribution in [3.63, 3.8) is 0 Å². The molecule has 2 fully saturated rings. The van der Waals surface area contributed by atoms with Crippen LogP contribution >= 0.6 is 0 Å². The summed E-state index contributed by atoms with van der Waals surface area (Å²) < 4.78 is 10.2. The summed E-state index contributed by atoms with van der Waals surface area (Å²) in [5, 5.41) is 0. The highest BCUT2D eigenvalue weighted by Crippen LogP contribution is 2.56. The lowest BCUT2D eigenvalue weighted by molar-refractivity contribution is -0.138. The Hall–Kier alpha value is -1.95. The Bertz CT molecular complexity index is 540. The molecular formula is C15H17NO5. The van der Waals surface area contributed by atoms with Gasteiger partial charge < -0.3 is 9.47 Å². The molecule has 2 heterocycles. The van der Waals surface area contributed by atoms with Crippen LogP contribution in [-0.2, 0) is 19.1 Å². The van der Waals surface area contributed by atoms with E-state index in [2.05, 4.69) is 0 Å². The molecule has 1 amide bonds. The number of hydrogen-bond acceptors (Lipinski definition) is 5. The zero-order valence-corrected chi connectivity index (χ0v) is 11.8. The summed E-state index contributed by atoms with van der Waals surface area (Å²) in [5.74, 6) is -0.229. The molecule has 2 aliphatic heterocycles. The summed E-state index contributed by atoms with van der Waals surface area (Å²) >= 11 is 0. The van der Waals surface area contributed by atoms with Crippen molar-refractivity contribution in [1.82, 2.24) is 4.90 Å². The molecule has 1 aliphatic carbocycles. The number of carbonyl (C=O) groups is 3. The second kappa shape index (κ2) is 4.80. The normalized spacial score (nSPS) is 29.9. The maximum absolute atomic E-state index is 12.3. The van der Waals surface area contributed by atoms with Gasteiger partial charge in [-0.1, -0.05) is 12.2 Å². The minimum absolute atomic E-state index is 0.0171. The summed E-state index contributed by atoms with van der Waals surface area (Å²) in [4.78, 5) is 37.6. The third-order valence-corrected chi connectivity index (χ3v) is 4.61. The zero-order chi connectivity index (χ0) is 15.1. The highest BCUT2D eigenvalue weighted by Gasteiger charge is 2.65. The quantitative estimate of drug-likeness (QED) is 0.683. The van der Waals surface area contributed by atoms with E-state index < -0.39 is 16.9 Å². The maximum atomic E-state index is 12.3. The number of ether oxygens (including phenoxy) is 2. The van der Waals surface area contributed by atoms with Crippen LogP contribution < -0.4 is 0 Å². The summed E-state index contributed by atoms with van der Waals surface area (Å²) in [6.07, 6.45) is 7.11. The van der Waals surface area contributed by atoms with Gasteiger partial charge in [-0.3, -0.25) is 14.5 Å². The number of nitrogens with zero attached hydrogens (tertiary/aromatic N) is 1. The largest absolute Gasteiger partial charge is 0.449 e. The van der Waals surface area contributed by atoms with Crippen LogP contribution in [0.4, 0.5) is 4.79 Å². The van der Waals surface area contributed by atoms with Gasteiger partial charge in [0.1, 0.15) is 17.8 Å². The molecule has 0 aromatic rings. The van der Waals surface area contributed by atoms with Gasteiger partial charge in [0, 0.05) is 24.2 Å². The van der Waals surface area contributed by atoms with Gasteiger partial charge >= 0.3 is 6.09 Å². The Morgan fingerprint density at radius 3 is 2.62 bits per heavy atom. The van der Waals surface area contributed by atoms with Crippen molar-refractivity contribution >= 4 is 17.7 Å². The molecule has 21 heavy (non-hydrogen) atoms. The number of hydrogen-bond donors (Lipinski definition) is 0. The molecule has 112 valence electrons. The molecular weight excluding hydrogens is 274 g/mol. The Balaban J connectivity index is 1.92. The average molecular weight is 291 g/mol. The van der Waals surface area contributed by atoms with Gasteiger partial charge in [0.05, 0.1) is 13.2 Å².